The van der Waals surface area contributed by atoms with Gasteiger partial charge in [-0.15, -0.1) is 0 Å². The van der Waals surface area contributed by atoms with Crippen molar-refractivity contribution in [1.82, 2.24) is 9.71 Å². The topological polar surface area (TPSA) is 87.8 Å². The second kappa shape index (κ2) is 12.3. The molecule has 35 heavy (non-hydrogen) atoms. The highest BCUT2D eigenvalue weighted by Gasteiger charge is 2.18. The first-order valence-electron chi connectivity index (χ1n) is 11.7. The third-order valence-electron chi connectivity index (χ3n) is 5.39. The summed E-state index contributed by atoms with van der Waals surface area (Å²) in [5.41, 5.74) is 2.54. The second-order valence-electron chi connectivity index (χ2n) is 8.05. The minimum atomic E-state index is -0.966. The molecule has 7 nitrogen and oxygen atoms in total. The number of rotatable bonds is 13. The summed E-state index contributed by atoms with van der Waals surface area (Å²) < 4.78 is 15.1. The molecule has 4 aromatic rings. The Morgan fingerprint density at radius 3 is 2.69 bits per heavy atom. The summed E-state index contributed by atoms with van der Waals surface area (Å²) in [6, 6.07) is 26.0. The van der Waals surface area contributed by atoms with Crippen LogP contribution < -0.4 is 14.4 Å². The van der Waals surface area contributed by atoms with Crippen molar-refractivity contribution in [2.45, 2.75) is 37.3 Å². The van der Waals surface area contributed by atoms with Gasteiger partial charge in [0.2, 0.25) is 0 Å². The molecule has 182 valence electrons. The molecule has 4 rings (SSSR count). The number of ether oxygens (including phenoxy) is 1. The van der Waals surface area contributed by atoms with Crippen molar-refractivity contribution >= 4 is 35.0 Å². The number of hydrogen-bond acceptors (Lipinski definition) is 7. The average Bonchev–Trinajstić information content (AvgIpc) is 3.31. The van der Waals surface area contributed by atoms with Crippen LogP contribution in [0.3, 0.4) is 0 Å². The van der Waals surface area contributed by atoms with Crippen LogP contribution in [-0.2, 0) is 11.3 Å². The lowest BCUT2D eigenvalue weighted by Crippen LogP contribution is -2.27. The van der Waals surface area contributed by atoms with Crippen molar-refractivity contribution in [3.63, 3.8) is 0 Å². The normalized spacial score (nSPS) is 11.9. The van der Waals surface area contributed by atoms with Crippen molar-refractivity contribution in [2.75, 3.05) is 18.0 Å². The third-order valence-corrected chi connectivity index (χ3v) is 6.25. The molecular weight excluding hydrogens is 462 g/mol. The summed E-state index contributed by atoms with van der Waals surface area (Å²) in [4.78, 5) is 19.3. The molecule has 1 atom stereocenters. The number of anilines is 1. The maximum absolute atomic E-state index is 11.4. The molecule has 0 radical (unpaired) electrons. The highest BCUT2D eigenvalue weighted by molar-refractivity contribution is 7.97. The van der Waals surface area contributed by atoms with Crippen LogP contribution in [0.15, 0.2) is 88.2 Å². The fourth-order valence-corrected chi connectivity index (χ4v) is 4.32. The first kappa shape index (κ1) is 24.6. The molecule has 0 saturated heterocycles. The summed E-state index contributed by atoms with van der Waals surface area (Å²) in [7, 11) is 0. The van der Waals surface area contributed by atoms with Gasteiger partial charge in [-0.3, -0.25) is 4.72 Å². The summed E-state index contributed by atoms with van der Waals surface area (Å²) >= 11 is 1.62. The zero-order valence-electron chi connectivity index (χ0n) is 19.6. The number of nitrogens with one attached hydrogen (secondary N) is 1. The molecule has 0 bridgehead atoms. The van der Waals surface area contributed by atoms with Crippen LogP contribution in [-0.4, -0.2) is 35.3 Å². The standard InChI is InChI=1S/C27H29N3O4S/c1-2-24(26(31)32)33-21-11-8-10-20(18-21)19-30(27-29-23-14-6-7-15-25(23)34-27)17-9-16-28-35-22-12-4-3-5-13-22/h3-8,10-15,18,24,28H,2,9,16-17,19H2,1H3,(H,31,32). The zero-order chi connectivity index (χ0) is 24.5. The number of hydrogen-bond donors (Lipinski definition) is 2. The summed E-state index contributed by atoms with van der Waals surface area (Å²) in [6.45, 7) is 3.89. The van der Waals surface area contributed by atoms with Gasteiger partial charge in [-0.1, -0.05) is 49.4 Å². The van der Waals surface area contributed by atoms with Gasteiger partial charge < -0.3 is 19.2 Å². The van der Waals surface area contributed by atoms with E-state index in [-0.39, 0.29) is 0 Å². The van der Waals surface area contributed by atoms with E-state index >= 15 is 0 Å². The molecule has 0 aliphatic rings. The Morgan fingerprint density at radius 2 is 1.91 bits per heavy atom. The van der Waals surface area contributed by atoms with Crippen LogP contribution >= 0.6 is 11.9 Å². The molecular formula is C27H29N3O4S. The van der Waals surface area contributed by atoms with Crippen LogP contribution in [0.4, 0.5) is 6.01 Å². The Kier molecular flexibility index (Phi) is 8.64. The number of aliphatic carboxylic acids is 1. The van der Waals surface area contributed by atoms with Gasteiger partial charge in [-0.05, 0) is 66.8 Å². The second-order valence-corrected chi connectivity index (χ2v) is 9.01. The number of fused-ring (bicyclic) bond motifs is 1. The lowest BCUT2D eigenvalue weighted by Gasteiger charge is -2.21. The molecule has 1 unspecified atom stereocenters. The minimum Gasteiger partial charge on any atom is -0.479 e. The number of aromatic nitrogens is 1. The number of nitrogens with zero attached hydrogens (tertiary/aromatic N) is 2. The van der Waals surface area contributed by atoms with Crippen LogP contribution in [0.1, 0.15) is 25.3 Å². The van der Waals surface area contributed by atoms with E-state index in [1.54, 1.807) is 24.9 Å². The monoisotopic (exact) mass is 491 g/mol. The van der Waals surface area contributed by atoms with Crippen LogP contribution in [0.2, 0.25) is 0 Å². The molecule has 0 amide bonds. The Labute approximate surface area is 209 Å². The van der Waals surface area contributed by atoms with E-state index < -0.39 is 12.1 Å². The van der Waals surface area contributed by atoms with E-state index in [0.717, 1.165) is 36.2 Å². The first-order chi connectivity index (χ1) is 17.1. The van der Waals surface area contributed by atoms with Gasteiger partial charge in [0, 0.05) is 24.5 Å². The van der Waals surface area contributed by atoms with Gasteiger partial charge in [-0.25, -0.2) is 4.79 Å². The van der Waals surface area contributed by atoms with Crippen molar-refractivity contribution in [2.24, 2.45) is 0 Å². The third kappa shape index (κ3) is 7.00. The van der Waals surface area contributed by atoms with Gasteiger partial charge in [0.15, 0.2) is 11.7 Å². The van der Waals surface area contributed by atoms with E-state index in [9.17, 15) is 9.90 Å². The number of carboxylic acids is 1. The quantitative estimate of drug-likeness (QED) is 0.180. The number of para-hydroxylation sites is 2. The number of carboxylic acid groups (broad SMARTS) is 1. The van der Waals surface area contributed by atoms with Gasteiger partial charge in [0.25, 0.3) is 6.01 Å². The Hall–Kier alpha value is -3.49. The van der Waals surface area contributed by atoms with E-state index in [2.05, 4.69) is 26.7 Å². The predicted octanol–water partition coefficient (Wildman–Crippen LogP) is 5.76. The largest absolute Gasteiger partial charge is 0.479 e. The summed E-state index contributed by atoms with van der Waals surface area (Å²) in [6.07, 6.45) is 0.403. The molecule has 8 heteroatoms. The summed E-state index contributed by atoms with van der Waals surface area (Å²) in [5.74, 6) is -0.429. The fourth-order valence-electron chi connectivity index (χ4n) is 3.61. The van der Waals surface area contributed by atoms with E-state index in [1.165, 1.54) is 4.90 Å². The van der Waals surface area contributed by atoms with Crippen molar-refractivity contribution in [1.29, 1.82) is 0 Å². The Morgan fingerprint density at radius 1 is 1.11 bits per heavy atom. The number of benzene rings is 3. The van der Waals surface area contributed by atoms with Gasteiger partial charge in [0.05, 0.1) is 0 Å². The van der Waals surface area contributed by atoms with Crippen LogP contribution in [0, 0.1) is 0 Å². The van der Waals surface area contributed by atoms with Gasteiger partial charge >= 0.3 is 5.97 Å². The first-order valence-corrected chi connectivity index (χ1v) is 12.5. The number of oxazole rings is 1. The van der Waals surface area contributed by atoms with E-state index in [1.807, 2.05) is 60.7 Å². The highest BCUT2D eigenvalue weighted by atomic mass is 32.2. The van der Waals surface area contributed by atoms with Crippen molar-refractivity contribution in [3.05, 3.63) is 84.4 Å². The zero-order valence-corrected chi connectivity index (χ0v) is 20.4. The van der Waals surface area contributed by atoms with Crippen molar-refractivity contribution < 1.29 is 19.1 Å². The Balaban J connectivity index is 1.44. The molecule has 2 N–H and O–H groups in total. The molecule has 0 spiro atoms. The molecule has 0 aliphatic heterocycles. The SMILES string of the molecule is CCC(Oc1cccc(CN(CCCNSc2ccccc2)c2nc3ccccc3o2)c1)C(=O)O. The molecule has 1 aromatic heterocycles. The molecule has 1 heterocycles. The average molecular weight is 492 g/mol. The minimum absolute atomic E-state index is 0.391. The molecule has 0 saturated carbocycles. The Bertz CT molecular complexity index is 1200. The van der Waals surface area contributed by atoms with E-state index in [4.69, 9.17) is 9.15 Å². The van der Waals surface area contributed by atoms with Crippen LogP contribution in [0.5, 0.6) is 5.75 Å². The predicted molar refractivity (Wildman–Crippen MR) is 139 cm³/mol. The van der Waals surface area contributed by atoms with Gasteiger partial charge in [-0.2, -0.15) is 4.98 Å². The summed E-state index contributed by atoms with van der Waals surface area (Å²) in [5, 5.41) is 9.32. The van der Waals surface area contributed by atoms with E-state index in [0.29, 0.717) is 24.7 Å². The van der Waals surface area contributed by atoms with Crippen LogP contribution in [0.25, 0.3) is 11.1 Å². The fraction of sp³-hybridized carbons (Fsp3) is 0.259. The maximum atomic E-state index is 11.4. The van der Waals surface area contributed by atoms with Crippen molar-refractivity contribution in [3.8, 4) is 5.75 Å². The van der Waals surface area contributed by atoms with Gasteiger partial charge in [0.1, 0.15) is 11.3 Å². The number of carbonyl (C=O) groups is 1. The lowest BCUT2D eigenvalue weighted by atomic mass is 10.2. The molecule has 0 aliphatic carbocycles. The molecule has 3 aromatic carbocycles. The highest BCUT2D eigenvalue weighted by Crippen LogP contribution is 2.25. The lowest BCUT2D eigenvalue weighted by molar-refractivity contribution is -0.145. The smallest absolute Gasteiger partial charge is 0.344 e. The molecule has 0 fully saturated rings. The maximum Gasteiger partial charge on any atom is 0.344 e.